The number of carboxylic acids is 1. The van der Waals surface area contributed by atoms with Gasteiger partial charge in [-0.1, -0.05) is 0 Å². The zero-order valence-corrected chi connectivity index (χ0v) is 15.5. The number of hydrogen-bond acceptors (Lipinski definition) is 6. The number of aromatic carboxylic acids is 1. The summed E-state index contributed by atoms with van der Waals surface area (Å²) in [7, 11) is -3.88. The lowest BCUT2D eigenvalue weighted by Crippen LogP contribution is -2.13. The predicted octanol–water partition coefficient (Wildman–Crippen LogP) is 3.89. The van der Waals surface area contributed by atoms with E-state index in [9.17, 15) is 23.3 Å². The molecule has 0 atom stereocenters. The van der Waals surface area contributed by atoms with Crippen molar-refractivity contribution in [3.05, 3.63) is 88.5 Å². The lowest BCUT2D eigenvalue weighted by molar-refractivity contribution is -0.384. The second-order valence-electron chi connectivity index (χ2n) is 5.81. The van der Waals surface area contributed by atoms with E-state index in [4.69, 9.17) is 9.84 Å². The number of hydrogen-bond donors (Lipinski definition) is 2. The number of nitro groups is 1. The first-order valence-electron chi connectivity index (χ1n) is 8.13. The number of nitrogens with one attached hydrogen (secondary N) is 1. The van der Waals surface area contributed by atoms with Crippen LogP contribution in [0.15, 0.2) is 77.7 Å². The lowest BCUT2D eigenvalue weighted by Gasteiger charge is -2.10. The zero-order valence-electron chi connectivity index (χ0n) is 14.7. The van der Waals surface area contributed by atoms with Crippen LogP contribution in [-0.4, -0.2) is 24.4 Å². The Balaban J connectivity index is 1.71. The normalized spacial score (nSPS) is 10.9. The number of rotatable bonds is 7. The van der Waals surface area contributed by atoms with Crippen molar-refractivity contribution in [3.8, 4) is 11.5 Å². The predicted molar refractivity (Wildman–Crippen MR) is 104 cm³/mol. The van der Waals surface area contributed by atoms with Gasteiger partial charge < -0.3 is 9.84 Å². The third-order valence-electron chi connectivity index (χ3n) is 3.80. The minimum atomic E-state index is -3.88. The Bertz CT molecular complexity index is 1140. The Morgan fingerprint density at radius 3 is 1.90 bits per heavy atom. The molecular formula is C19H14N2O7S. The third kappa shape index (κ3) is 4.87. The highest BCUT2D eigenvalue weighted by molar-refractivity contribution is 7.92. The number of benzene rings is 3. The highest BCUT2D eigenvalue weighted by atomic mass is 32.2. The number of nitro benzene ring substituents is 1. The molecule has 2 N–H and O–H groups in total. The van der Waals surface area contributed by atoms with Gasteiger partial charge >= 0.3 is 5.97 Å². The molecule has 148 valence electrons. The topological polar surface area (TPSA) is 136 Å². The fourth-order valence-electron chi connectivity index (χ4n) is 2.35. The van der Waals surface area contributed by atoms with Crippen LogP contribution in [0.25, 0.3) is 0 Å². The number of sulfonamides is 1. The van der Waals surface area contributed by atoms with Crippen molar-refractivity contribution >= 4 is 27.4 Å². The number of nitrogens with zero attached hydrogens (tertiary/aromatic N) is 1. The molecule has 0 radical (unpaired) electrons. The van der Waals surface area contributed by atoms with Crippen LogP contribution in [0.4, 0.5) is 11.4 Å². The third-order valence-corrected chi connectivity index (χ3v) is 5.20. The Morgan fingerprint density at radius 1 is 0.897 bits per heavy atom. The average molecular weight is 414 g/mol. The first-order valence-corrected chi connectivity index (χ1v) is 9.61. The van der Waals surface area contributed by atoms with E-state index >= 15 is 0 Å². The summed E-state index contributed by atoms with van der Waals surface area (Å²) in [4.78, 5) is 21.0. The second-order valence-corrected chi connectivity index (χ2v) is 7.49. The quantitative estimate of drug-likeness (QED) is 0.442. The molecule has 0 saturated heterocycles. The Hall–Kier alpha value is -3.92. The monoisotopic (exact) mass is 414 g/mol. The molecule has 0 bridgehead atoms. The molecule has 0 saturated carbocycles. The van der Waals surface area contributed by atoms with Gasteiger partial charge in [0.25, 0.3) is 15.7 Å². The van der Waals surface area contributed by atoms with Crippen LogP contribution in [0.5, 0.6) is 11.5 Å². The Morgan fingerprint density at radius 2 is 1.41 bits per heavy atom. The molecule has 3 aromatic rings. The largest absolute Gasteiger partial charge is 0.478 e. The van der Waals surface area contributed by atoms with Gasteiger partial charge in [-0.15, -0.1) is 0 Å². The summed E-state index contributed by atoms with van der Waals surface area (Å²) in [6, 6.07) is 16.3. The van der Waals surface area contributed by atoms with Crippen molar-refractivity contribution < 1.29 is 28.0 Å². The van der Waals surface area contributed by atoms with Crippen LogP contribution < -0.4 is 9.46 Å². The van der Waals surface area contributed by atoms with Crippen LogP contribution >= 0.6 is 0 Å². The van der Waals surface area contributed by atoms with Gasteiger partial charge in [0.15, 0.2) is 0 Å². The fraction of sp³-hybridized carbons (Fsp3) is 0. The molecule has 10 heteroatoms. The smallest absolute Gasteiger partial charge is 0.335 e. The van der Waals surface area contributed by atoms with Crippen molar-refractivity contribution in [2.45, 2.75) is 4.90 Å². The van der Waals surface area contributed by atoms with Crippen molar-refractivity contribution in [1.82, 2.24) is 0 Å². The molecule has 0 aliphatic heterocycles. The van der Waals surface area contributed by atoms with Crippen LogP contribution in [-0.2, 0) is 10.0 Å². The molecule has 9 nitrogen and oxygen atoms in total. The summed E-state index contributed by atoms with van der Waals surface area (Å²) < 4.78 is 32.8. The maximum Gasteiger partial charge on any atom is 0.335 e. The van der Waals surface area contributed by atoms with Gasteiger partial charge in [-0.2, -0.15) is 0 Å². The molecule has 0 fully saturated rings. The van der Waals surface area contributed by atoms with Gasteiger partial charge in [0, 0.05) is 17.8 Å². The minimum Gasteiger partial charge on any atom is -0.478 e. The number of ether oxygens (including phenoxy) is 1. The number of carbonyl (C=O) groups is 1. The SMILES string of the molecule is O=C(O)c1ccc(NS(=O)(=O)c2ccc(Oc3ccc([N+](=O)[O-])cc3)cc2)cc1. The molecule has 3 rings (SSSR count). The standard InChI is InChI=1S/C19H14N2O7S/c22-19(23)13-1-3-14(4-2-13)20-29(26,27)18-11-9-17(10-12-18)28-16-7-5-15(6-8-16)21(24)25/h1-12,20H,(H,22,23). The van der Waals surface area contributed by atoms with Crippen LogP contribution in [0.3, 0.4) is 0 Å². The molecule has 3 aromatic carbocycles. The van der Waals surface area contributed by atoms with E-state index in [0.717, 1.165) is 0 Å². The van der Waals surface area contributed by atoms with E-state index in [1.165, 1.54) is 72.8 Å². The Labute approximate surface area is 165 Å². The fourth-order valence-corrected chi connectivity index (χ4v) is 3.41. The number of carboxylic acid groups (broad SMARTS) is 1. The van der Waals surface area contributed by atoms with Gasteiger partial charge in [0.05, 0.1) is 15.4 Å². The van der Waals surface area contributed by atoms with Gasteiger partial charge in [-0.05, 0) is 60.7 Å². The van der Waals surface area contributed by atoms with Gasteiger partial charge in [0.2, 0.25) is 0 Å². The average Bonchev–Trinajstić information content (AvgIpc) is 2.69. The van der Waals surface area contributed by atoms with Gasteiger partial charge in [0.1, 0.15) is 11.5 Å². The second kappa shape index (κ2) is 7.98. The highest BCUT2D eigenvalue weighted by Crippen LogP contribution is 2.25. The molecule has 0 aromatic heterocycles. The minimum absolute atomic E-state index is 0.0177. The van der Waals surface area contributed by atoms with Gasteiger partial charge in [-0.25, -0.2) is 13.2 Å². The van der Waals surface area contributed by atoms with Crippen LogP contribution in [0.2, 0.25) is 0 Å². The molecule has 0 unspecified atom stereocenters. The van der Waals surface area contributed by atoms with E-state index in [1.807, 2.05) is 0 Å². The maximum atomic E-state index is 12.5. The number of anilines is 1. The summed E-state index contributed by atoms with van der Waals surface area (Å²) in [6.45, 7) is 0. The molecule has 0 aliphatic rings. The first-order chi connectivity index (χ1) is 13.7. The van der Waals surface area contributed by atoms with E-state index in [2.05, 4.69) is 4.72 Å². The van der Waals surface area contributed by atoms with Crippen LogP contribution in [0, 0.1) is 10.1 Å². The van der Waals surface area contributed by atoms with E-state index in [1.54, 1.807) is 0 Å². The van der Waals surface area contributed by atoms with Crippen molar-refractivity contribution in [2.75, 3.05) is 4.72 Å². The van der Waals surface area contributed by atoms with E-state index in [0.29, 0.717) is 11.5 Å². The summed E-state index contributed by atoms with van der Waals surface area (Å²) in [5.74, 6) is -0.394. The van der Waals surface area contributed by atoms with Crippen LogP contribution in [0.1, 0.15) is 10.4 Å². The lowest BCUT2D eigenvalue weighted by atomic mass is 10.2. The molecule has 0 amide bonds. The van der Waals surface area contributed by atoms with Crippen molar-refractivity contribution in [1.29, 1.82) is 0 Å². The maximum absolute atomic E-state index is 12.5. The molecule has 29 heavy (non-hydrogen) atoms. The summed E-state index contributed by atoms with van der Waals surface area (Å²) in [5, 5.41) is 19.5. The summed E-state index contributed by atoms with van der Waals surface area (Å²) >= 11 is 0. The van der Waals surface area contributed by atoms with E-state index < -0.39 is 20.9 Å². The summed E-state index contributed by atoms with van der Waals surface area (Å²) in [6.07, 6.45) is 0. The van der Waals surface area contributed by atoms with Crippen molar-refractivity contribution in [2.24, 2.45) is 0 Å². The molecular weight excluding hydrogens is 400 g/mol. The summed E-state index contributed by atoms with van der Waals surface area (Å²) in [5.41, 5.74) is 0.197. The molecule has 0 aliphatic carbocycles. The van der Waals surface area contributed by atoms with E-state index in [-0.39, 0.29) is 21.8 Å². The Kier molecular flexibility index (Phi) is 5.46. The first kappa shape index (κ1) is 19.8. The number of non-ortho nitro benzene ring substituents is 1. The van der Waals surface area contributed by atoms with Crippen molar-refractivity contribution in [3.63, 3.8) is 0 Å². The van der Waals surface area contributed by atoms with Gasteiger partial charge in [-0.3, -0.25) is 14.8 Å². The molecule has 0 spiro atoms. The molecule has 0 heterocycles. The zero-order chi connectivity index (χ0) is 21.0. The highest BCUT2D eigenvalue weighted by Gasteiger charge is 2.15.